The van der Waals surface area contributed by atoms with Crippen molar-refractivity contribution in [3.8, 4) is 11.8 Å². The van der Waals surface area contributed by atoms with Crippen molar-refractivity contribution in [3.05, 3.63) is 42.0 Å². The zero-order valence-electron chi connectivity index (χ0n) is 13.4. The number of nitriles is 1. The maximum atomic E-state index is 11.8. The molecule has 0 fully saturated rings. The fourth-order valence-corrected chi connectivity index (χ4v) is 1.73. The molecule has 1 rings (SSSR count). The van der Waals surface area contributed by atoms with Gasteiger partial charge in [0.05, 0.1) is 17.2 Å². The van der Waals surface area contributed by atoms with E-state index in [1.165, 1.54) is 0 Å². The summed E-state index contributed by atoms with van der Waals surface area (Å²) in [7, 11) is 0. The fraction of sp³-hybridized carbons (Fsp3) is 0.353. The lowest BCUT2D eigenvalue weighted by atomic mass is 10.2. The average molecular weight is 299 g/mol. The van der Waals surface area contributed by atoms with Crippen LogP contribution in [0.2, 0.25) is 0 Å². The Morgan fingerprint density at radius 3 is 2.68 bits per heavy atom. The third kappa shape index (κ3) is 5.41. The number of nitrogens with one attached hydrogen (secondary N) is 1. The van der Waals surface area contributed by atoms with Gasteiger partial charge in [0.15, 0.2) is 6.23 Å². The number of carbonyl (C=O) groups is 1. The predicted molar refractivity (Wildman–Crippen MR) is 86.8 cm³/mol. The summed E-state index contributed by atoms with van der Waals surface area (Å²) in [5.74, 6) is 0.315. The van der Waals surface area contributed by atoms with Gasteiger partial charge in [-0.3, -0.25) is 4.79 Å². The molecule has 5 heteroatoms. The van der Waals surface area contributed by atoms with Crippen molar-refractivity contribution in [2.45, 2.75) is 40.0 Å². The van der Waals surface area contributed by atoms with E-state index in [-0.39, 0.29) is 11.9 Å². The molecule has 5 nitrogen and oxygen atoms in total. The summed E-state index contributed by atoms with van der Waals surface area (Å²) in [6.07, 6.45) is -0.488. The van der Waals surface area contributed by atoms with Crippen LogP contribution in [0, 0.1) is 11.3 Å². The van der Waals surface area contributed by atoms with Crippen LogP contribution in [0.3, 0.4) is 0 Å². The number of hydrogen-bond acceptors (Lipinski definition) is 4. The minimum Gasteiger partial charge on any atom is -0.469 e. The van der Waals surface area contributed by atoms with Crippen LogP contribution >= 0.6 is 0 Å². The molecule has 0 aliphatic rings. The van der Waals surface area contributed by atoms with Gasteiger partial charge in [-0.05, 0) is 45.9 Å². The molecule has 1 atom stereocenters. The molecule has 1 aromatic rings. The quantitative estimate of drug-likeness (QED) is 0.648. The lowest BCUT2D eigenvalue weighted by molar-refractivity contribution is -0.117. The van der Waals surface area contributed by atoms with Crippen LogP contribution in [0.5, 0.6) is 5.75 Å². The SMILES string of the molecule is C=C(C(=O)NC(C)C)C(C)=NC(C)Oc1cccc(C#N)c1. The highest BCUT2D eigenvalue weighted by Crippen LogP contribution is 2.15. The Hall–Kier alpha value is -2.61. The van der Waals surface area contributed by atoms with Gasteiger partial charge in [0, 0.05) is 11.8 Å². The summed E-state index contributed by atoms with van der Waals surface area (Å²) in [5.41, 5.74) is 1.35. The molecule has 0 aliphatic carbocycles. The van der Waals surface area contributed by atoms with Crippen molar-refractivity contribution in [2.75, 3.05) is 0 Å². The lowest BCUT2D eigenvalue weighted by Gasteiger charge is -2.14. The summed E-state index contributed by atoms with van der Waals surface area (Å²) < 4.78 is 5.63. The Bertz CT molecular complexity index is 627. The van der Waals surface area contributed by atoms with Crippen molar-refractivity contribution >= 4 is 11.6 Å². The normalized spacial score (nSPS) is 12.5. The number of aliphatic imine (C=N–C) groups is 1. The number of nitrogens with zero attached hydrogens (tertiary/aromatic N) is 2. The second-order valence-electron chi connectivity index (χ2n) is 5.18. The third-order valence-electron chi connectivity index (χ3n) is 2.78. The smallest absolute Gasteiger partial charge is 0.252 e. The highest BCUT2D eigenvalue weighted by molar-refractivity contribution is 6.20. The van der Waals surface area contributed by atoms with Crippen LogP contribution in [0.4, 0.5) is 0 Å². The largest absolute Gasteiger partial charge is 0.469 e. The number of benzene rings is 1. The van der Waals surface area contributed by atoms with Crippen molar-refractivity contribution < 1.29 is 9.53 Å². The summed E-state index contributed by atoms with van der Waals surface area (Å²) in [5, 5.41) is 11.6. The summed E-state index contributed by atoms with van der Waals surface area (Å²) >= 11 is 0. The lowest BCUT2D eigenvalue weighted by Crippen LogP contribution is -2.33. The van der Waals surface area contributed by atoms with Gasteiger partial charge in [-0.1, -0.05) is 12.6 Å². The van der Waals surface area contributed by atoms with Gasteiger partial charge in [-0.15, -0.1) is 0 Å². The van der Waals surface area contributed by atoms with Gasteiger partial charge in [-0.25, -0.2) is 4.99 Å². The highest BCUT2D eigenvalue weighted by atomic mass is 16.5. The zero-order chi connectivity index (χ0) is 16.7. The first-order chi connectivity index (χ1) is 10.3. The molecule has 1 amide bonds. The second-order valence-corrected chi connectivity index (χ2v) is 5.18. The van der Waals surface area contributed by atoms with Gasteiger partial charge >= 0.3 is 0 Å². The molecular formula is C17H21N3O2. The third-order valence-corrected chi connectivity index (χ3v) is 2.78. The molecule has 1 aromatic carbocycles. The molecule has 0 aromatic heterocycles. The molecule has 0 spiro atoms. The highest BCUT2D eigenvalue weighted by Gasteiger charge is 2.12. The molecule has 0 radical (unpaired) electrons. The van der Waals surface area contributed by atoms with Crippen LogP contribution in [-0.2, 0) is 4.79 Å². The molecule has 0 bridgehead atoms. The van der Waals surface area contributed by atoms with Crippen molar-refractivity contribution in [3.63, 3.8) is 0 Å². The summed E-state index contributed by atoms with van der Waals surface area (Å²) in [6, 6.07) is 8.92. The molecule has 22 heavy (non-hydrogen) atoms. The van der Waals surface area contributed by atoms with E-state index in [4.69, 9.17) is 10.00 Å². The Morgan fingerprint density at radius 1 is 1.41 bits per heavy atom. The monoisotopic (exact) mass is 299 g/mol. The van der Waals surface area contributed by atoms with E-state index < -0.39 is 6.23 Å². The number of ether oxygens (including phenoxy) is 1. The molecule has 0 aliphatic heterocycles. The molecule has 0 heterocycles. The maximum Gasteiger partial charge on any atom is 0.252 e. The van der Waals surface area contributed by atoms with Crippen LogP contribution in [0.1, 0.15) is 33.3 Å². The minimum atomic E-state index is -0.488. The first-order valence-corrected chi connectivity index (χ1v) is 7.05. The van der Waals surface area contributed by atoms with Crippen molar-refractivity contribution in [1.29, 1.82) is 5.26 Å². The number of carbonyl (C=O) groups excluding carboxylic acids is 1. The van der Waals surface area contributed by atoms with Crippen LogP contribution in [0.25, 0.3) is 0 Å². The van der Waals surface area contributed by atoms with E-state index >= 15 is 0 Å². The summed E-state index contributed by atoms with van der Waals surface area (Å²) in [4.78, 5) is 16.2. The number of amides is 1. The maximum absolute atomic E-state index is 11.8. The van der Waals surface area contributed by atoms with E-state index in [2.05, 4.69) is 16.9 Å². The van der Waals surface area contributed by atoms with Gasteiger partial charge in [0.25, 0.3) is 5.91 Å². The molecule has 0 saturated carbocycles. The predicted octanol–water partition coefficient (Wildman–Crippen LogP) is 2.82. The van der Waals surface area contributed by atoms with Crippen molar-refractivity contribution in [2.24, 2.45) is 4.99 Å². The minimum absolute atomic E-state index is 0.0412. The topological polar surface area (TPSA) is 74.5 Å². The molecule has 1 unspecified atom stereocenters. The Morgan fingerprint density at radius 2 is 2.09 bits per heavy atom. The van der Waals surface area contributed by atoms with E-state index in [1.807, 2.05) is 19.9 Å². The van der Waals surface area contributed by atoms with E-state index in [0.717, 1.165) is 0 Å². The zero-order valence-corrected chi connectivity index (χ0v) is 13.4. The number of rotatable bonds is 6. The van der Waals surface area contributed by atoms with Crippen LogP contribution in [0.15, 0.2) is 41.4 Å². The van der Waals surface area contributed by atoms with E-state index in [0.29, 0.717) is 22.6 Å². The second kappa shape index (κ2) is 7.99. The van der Waals surface area contributed by atoms with Gasteiger partial charge in [-0.2, -0.15) is 5.26 Å². The van der Waals surface area contributed by atoms with E-state index in [1.54, 1.807) is 38.1 Å². The van der Waals surface area contributed by atoms with Gasteiger partial charge in [0.2, 0.25) is 0 Å². The van der Waals surface area contributed by atoms with Crippen LogP contribution in [-0.4, -0.2) is 23.9 Å². The van der Waals surface area contributed by atoms with Crippen molar-refractivity contribution in [1.82, 2.24) is 5.32 Å². The first kappa shape index (κ1) is 17.4. The number of hydrogen-bond donors (Lipinski definition) is 1. The fourth-order valence-electron chi connectivity index (χ4n) is 1.73. The molecular weight excluding hydrogens is 278 g/mol. The Balaban J connectivity index is 2.73. The van der Waals surface area contributed by atoms with E-state index in [9.17, 15) is 4.79 Å². The Kier molecular flexibility index (Phi) is 6.33. The average Bonchev–Trinajstić information content (AvgIpc) is 2.45. The Labute approximate surface area is 131 Å². The van der Waals surface area contributed by atoms with Gasteiger partial charge < -0.3 is 10.1 Å². The summed E-state index contributed by atoms with van der Waals surface area (Å²) in [6.45, 7) is 11.0. The molecule has 1 N–H and O–H groups in total. The van der Waals surface area contributed by atoms with Gasteiger partial charge in [0.1, 0.15) is 5.75 Å². The molecule has 0 saturated heterocycles. The van der Waals surface area contributed by atoms with Crippen LogP contribution < -0.4 is 10.1 Å². The first-order valence-electron chi connectivity index (χ1n) is 7.05. The molecule has 116 valence electrons. The standard InChI is InChI=1S/C17H21N3O2/c1-11(2)19-17(21)12(3)13(4)20-14(5)22-16-8-6-7-15(9-16)10-18/h6-9,11,14H,3H2,1-2,4-5H3,(H,19,21).